The van der Waals surface area contributed by atoms with Crippen molar-refractivity contribution in [1.82, 2.24) is 4.98 Å². The molecule has 5 heteroatoms. The van der Waals surface area contributed by atoms with Gasteiger partial charge in [-0.25, -0.2) is 0 Å². The zero-order valence-electron chi connectivity index (χ0n) is 12.5. The van der Waals surface area contributed by atoms with Crippen molar-refractivity contribution in [1.29, 1.82) is 0 Å². The van der Waals surface area contributed by atoms with Gasteiger partial charge in [0.1, 0.15) is 5.75 Å². The van der Waals surface area contributed by atoms with E-state index in [9.17, 15) is 4.79 Å². The number of methoxy groups -OCH3 is 1. The van der Waals surface area contributed by atoms with Gasteiger partial charge in [-0.3, -0.25) is 4.79 Å². The zero-order valence-corrected chi connectivity index (χ0v) is 12.5. The van der Waals surface area contributed by atoms with Crippen molar-refractivity contribution in [3.8, 4) is 5.75 Å². The molecule has 22 heavy (non-hydrogen) atoms. The van der Waals surface area contributed by atoms with E-state index in [-0.39, 0.29) is 5.91 Å². The van der Waals surface area contributed by atoms with E-state index in [1.807, 2.05) is 25.1 Å². The molecule has 2 aromatic rings. The number of aryl methyl sites for hydroxylation is 1. The first-order valence-corrected chi connectivity index (χ1v) is 6.91. The fourth-order valence-corrected chi connectivity index (χ4v) is 2.62. The van der Waals surface area contributed by atoms with E-state index in [0.717, 1.165) is 28.2 Å². The lowest BCUT2D eigenvalue weighted by Gasteiger charge is -2.11. The Balaban J connectivity index is 2.18. The minimum Gasteiger partial charge on any atom is -0.495 e. The molecular weight excluding hydrogens is 278 g/mol. The van der Waals surface area contributed by atoms with Gasteiger partial charge in [0.15, 0.2) is 0 Å². The number of aromatic nitrogens is 1. The van der Waals surface area contributed by atoms with Crippen LogP contribution in [-0.2, 0) is 4.79 Å². The lowest BCUT2D eigenvalue weighted by atomic mass is 10.00. The van der Waals surface area contributed by atoms with Gasteiger partial charge in [-0.15, -0.1) is 0 Å². The molecule has 112 valence electrons. The standard InChI is InChI=1S/C17H17N3O2/c1-4-18-16-10(2)5-6-12-15(16)11(17(21)20-12)9-13-14(22-3)7-8-19-13/h4-9,18-19H,1H2,2-3H3,(H,20,21)/b11-9-. The Morgan fingerprint density at radius 1 is 1.32 bits per heavy atom. The number of hydrogen-bond acceptors (Lipinski definition) is 3. The molecule has 5 nitrogen and oxygen atoms in total. The van der Waals surface area contributed by atoms with Crippen molar-refractivity contribution in [2.24, 2.45) is 0 Å². The number of nitrogens with one attached hydrogen (secondary N) is 3. The molecule has 0 saturated heterocycles. The number of fused-ring (bicyclic) bond motifs is 1. The summed E-state index contributed by atoms with van der Waals surface area (Å²) in [6.45, 7) is 5.70. The molecule has 3 N–H and O–H groups in total. The Morgan fingerprint density at radius 2 is 2.14 bits per heavy atom. The van der Waals surface area contributed by atoms with Crippen LogP contribution in [0.1, 0.15) is 16.8 Å². The molecule has 0 saturated carbocycles. The van der Waals surface area contributed by atoms with E-state index >= 15 is 0 Å². The molecule has 0 fully saturated rings. The summed E-state index contributed by atoms with van der Waals surface area (Å²) in [5.74, 6) is 0.559. The third kappa shape index (κ3) is 2.16. The molecule has 1 aliphatic heterocycles. The third-order valence-electron chi connectivity index (χ3n) is 3.67. The Morgan fingerprint density at radius 3 is 2.86 bits per heavy atom. The SMILES string of the molecule is C=CNc1c(C)ccc2c1/C(=C/c1[nH]ccc1OC)C(=O)N2. The molecule has 1 amide bonds. The van der Waals surface area contributed by atoms with Crippen molar-refractivity contribution < 1.29 is 9.53 Å². The predicted octanol–water partition coefficient (Wildman–Crippen LogP) is 3.38. The first-order chi connectivity index (χ1) is 10.7. The molecule has 0 spiro atoms. The van der Waals surface area contributed by atoms with Crippen molar-refractivity contribution in [3.05, 3.63) is 54.0 Å². The maximum absolute atomic E-state index is 12.3. The summed E-state index contributed by atoms with van der Waals surface area (Å²) < 4.78 is 5.28. The van der Waals surface area contributed by atoms with E-state index in [1.165, 1.54) is 0 Å². The maximum Gasteiger partial charge on any atom is 0.256 e. The number of anilines is 2. The van der Waals surface area contributed by atoms with Crippen LogP contribution in [0.3, 0.4) is 0 Å². The molecule has 1 aromatic heterocycles. The first-order valence-electron chi connectivity index (χ1n) is 6.91. The molecule has 0 atom stereocenters. The van der Waals surface area contributed by atoms with Gasteiger partial charge in [0.05, 0.1) is 29.8 Å². The average Bonchev–Trinajstić information content (AvgIpc) is 3.08. The van der Waals surface area contributed by atoms with Crippen molar-refractivity contribution in [3.63, 3.8) is 0 Å². The lowest BCUT2D eigenvalue weighted by Crippen LogP contribution is -2.03. The van der Waals surface area contributed by atoms with E-state index < -0.39 is 0 Å². The van der Waals surface area contributed by atoms with Crippen LogP contribution in [0.25, 0.3) is 11.6 Å². The Labute approximate surface area is 128 Å². The van der Waals surface area contributed by atoms with Gasteiger partial charge in [0.25, 0.3) is 5.91 Å². The van der Waals surface area contributed by atoms with Crippen LogP contribution in [0.2, 0.25) is 0 Å². The number of carbonyl (C=O) groups excluding carboxylic acids is 1. The normalized spacial score (nSPS) is 14.6. The highest BCUT2D eigenvalue weighted by molar-refractivity contribution is 6.36. The predicted molar refractivity (Wildman–Crippen MR) is 88.8 cm³/mol. The van der Waals surface area contributed by atoms with Gasteiger partial charge in [0, 0.05) is 11.8 Å². The second-order valence-corrected chi connectivity index (χ2v) is 5.00. The van der Waals surface area contributed by atoms with Gasteiger partial charge in [0.2, 0.25) is 0 Å². The number of rotatable bonds is 4. The summed E-state index contributed by atoms with van der Waals surface area (Å²) in [5.41, 5.74) is 4.90. The summed E-state index contributed by atoms with van der Waals surface area (Å²) in [6.07, 6.45) is 5.18. The zero-order chi connectivity index (χ0) is 15.7. The van der Waals surface area contributed by atoms with E-state index in [4.69, 9.17) is 4.74 Å². The molecule has 3 rings (SSSR count). The second-order valence-electron chi connectivity index (χ2n) is 5.00. The third-order valence-corrected chi connectivity index (χ3v) is 3.67. The largest absolute Gasteiger partial charge is 0.495 e. The number of carbonyl (C=O) groups is 1. The number of amides is 1. The van der Waals surface area contributed by atoms with Gasteiger partial charge in [-0.1, -0.05) is 12.6 Å². The smallest absolute Gasteiger partial charge is 0.256 e. The second kappa shape index (κ2) is 5.44. The van der Waals surface area contributed by atoms with Crippen LogP contribution in [0.5, 0.6) is 5.75 Å². The molecule has 2 heterocycles. The van der Waals surface area contributed by atoms with Crippen LogP contribution in [0.4, 0.5) is 11.4 Å². The van der Waals surface area contributed by atoms with E-state index in [0.29, 0.717) is 11.3 Å². The van der Waals surface area contributed by atoms with E-state index in [2.05, 4.69) is 22.2 Å². The highest BCUT2D eigenvalue weighted by Crippen LogP contribution is 2.40. The average molecular weight is 295 g/mol. The summed E-state index contributed by atoms with van der Waals surface area (Å²) in [6, 6.07) is 5.69. The highest BCUT2D eigenvalue weighted by Gasteiger charge is 2.28. The summed E-state index contributed by atoms with van der Waals surface area (Å²) >= 11 is 0. The molecule has 0 aliphatic carbocycles. The number of ether oxygens (including phenoxy) is 1. The Bertz CT molecular complexity index is 787. The molecule has 0 unspecified atom stereocenters. The Hall–Kier alpha value is -2.95. The number of benzene rings is 1. The minimum atomic E-state index is -0.135. The van der Waals surface area contributed by atoms with Crippen LogP contribution >= 0.6 is 0 Å². The van der Waals surface area contributed by atoms with E-state index in [1.54, 1.807) is 25.6 Å². The van der Waals surface area contributed by atoms with Crippen LogP contribution in [0.15, 0.2) is 37.2 Å². The van der Waals surface area contributed by atoms with Crippen LogP contribution < -0.4 is 15.4 Å². The topological polar surface area (TPSA) is 66.1 Å². The quantitative estimate of drug-likeness (QED) is 0.758. The van der Waals surface area contributed by atoms with Gasteiger partial charge in [-0.2, -0.15) is 0 Å². The summed E-state index contributed by atoms with van der Waals surface area (Å²) in [7, 11) is 1.60. The lowest BCUT2D eigenvalue weighted by molar-refractivity contribution is -0.110. The molecule has 1 aromatic carbocycles. The monoisotopic (exact) mass is 295 g/mol. The van der Waals surface area contributed by atoms with Crippen molar-refractivity contribution in [2.75, 3.05) is 17.7 Å². The van der Waals surface area contributed by atoms with Crippen LogP contribution in [-0.4, -0.2) is 18.0 Å². The molecule has 0 radical (unpaired) electrons. The van der Waals surface area contributed by atoms with Crippen molar-refractivity contribution >= 4 is 28.9 Å². The number of aromatic amines is 1. The number of hydrogen-bond donors (Lipinski definition) is 3. The molecule has 0 bridgehead atoms. The molecular formula is C17H17N3O2. The Kier molecular flexibility index (Phi) is 3.47. The molecule has 1 aliphatic rings. The fourth-order valence-electron chi connectivity index (χ4n) is 2.62. The van der Waals surface area contributed by atoms with Crippen molar-refractivity contribution in [2.45, 2.75) is 6.92 Å². The highest BCUT2D eigenvalue weighted by atomic mass is 16.5. The van der Waals surface area contributed by atoms with Crippen LogP contribution in [0, 0.1) is 6.92 Å². The first kappa shape index (κ1) is 14.0. The number of H-pyrrole nitrogens is 1. The summed E-state index contributed by atoms with van der Waals surface area (Å²) in [5, 5.41) is 6.01. The maximum atomic E-state index is 12.3. The van der Waals surface area contributed by atoms with Gasteiger partial charge >= 0.3 is 0 Å². The fraction of sp³-hybridized carbons (Fsp3) is 0.118. The minimum absolute atomic E-state index is 0.135. The summed E-state index contributed by atoms with van der Waals surface area (Å²) in [4.78, 5) is 15.4. The van der Waals surface area contributed by atoms with Gasteiger partial charge < -0.3 is 20.4 Å². The van der Waals surface area contributed by atoms with Gasteiger partial charge in [-0.05, 0) is 36.9 Å².